The number of ketones is 2. The van der Waals surface area contributed by atoms with Crippen LogP contribution in [0, 0.1) is 0 Å². The molecule has 0 aromatic heterocycles. The Morgan fingerprint density at radius 3 is 0.741 bits per heavy atom. The maximum atomic E-state index is 13.2. The molecule has 702 valence electrons. The first kappa shape index (κ1) is 107. The van der Waals surface area contributed by atoms with Crippen molar-refractivity contribution in [3.05, 3.63) is 392 Å². The molecule has 0 atom stereocenters. The molecule has 26 nitrogen and oxygen atoms in total. The first-order valence-corrected chi connectivity index (χ1v) is 58.0. The van der Waals surface area contributed by atoms with Gasteiger partial charge in [-0.2, -0.15) is 0 Å². The number of rotatable bonds is 36. The number of benzene rings is 14. The zero-order valence-corrected chi connectivity index (χ0v) is 88.0. The Hall–Kier alpha value is -11.1. The summed E-state index contributed by atoms with van der Waals surface area (Å²) in [4.78, 5) is 99.5. The van der Waals surface area contributed by atoms with Crippen molar-refractivity contribution in [3.63, 3.8) is 0 Å². The number of esters is 6. The minimum absolute atomic E-state index is 0. The van der Waals surface area contributed by atoms with Gasteiger partial charge >= 0.3 is 145 Å². The van der Waals surface area contributed by atoms with Gasteiger partial charge in [0.15, 0.2) is 11.6 Å². The smallest absolute Gasteiger partial charge is 1.00 e. The number of carbonyl (C=O) groups is 8. The number of halogens is 3. The molecule has 139 heavy (non-hydrogen) atoms. The zero-order valence-electron chi connectivity index (χ0n) is 75.9. The second-order valence-corrected chi connectivity index (χ2v) is 50.1. The molecule has 33 heteroatoms. The predicted octanol–water partition coefficient (Wildman–Crippen LogP) is 9.95. The van der Waals surface area contributed by atoms with Crippen LogP contribution in [-0.4, -0.2) is 167 Å². The molecule has 0 amide bonds. The fourth-order valence-electron chi connectivity index (χ4n) is 16.5. The molecule has 0 unspecified atom stereocenters. The van der Waals surface area contributed by atoms with Crippen molar-refractivity contribution in [1.82, 2.24) is 0 Å². The van der Waals surface area contributed by atoms with Gasteiger partial charge in [0.2, 0.25) is 0 Å². The van der Waals surface area contributed by atoms with Crippen LogP contribution in [0.2, 0.25) is 0 Å². The summed E-state index contributed by atoms with van der Waals surface area (Å²) in [5.41, 5.74) is 12.1. The van der Waals surface area contributed by atoms with Crippen LogP contribution in [0.15, 0.2) is 313 Å². The molecule has 0 saturated heterocycles. The van der Waals surface area contributed by atoms with Crippen molar-refractivity contribution in [3.8, 4) is 45.3 Å². The third-order valence-electron chi connectivity index (χ3n) is 22.7. The largest absolute Gasteiger partial charge is 1.00 e. The molecule has 0 radical (unpaired) electrons. The van der Waals surface area contributed by atoms with E-state index >= 15 is 0 Å². The molecule has 2 aliphatic rings. The minimum Gasteiger partial charge on any atom is 1.00 e. The number of hydrogen-bond donors (Lipinski definition) is 0. The van der Waals surface area contributed by atoms with Gasteiger partial charge in [0, 0.05) is 25.3 Å². The first-order chi connectivity index (χ1) is 66.1. The molecule has 0 aliphatic heterocycles. The molecular formula is C106H86I3Na2O26S2-. The zero-order chi connectivity index (χ0) is 97.0. The number of methoxy groups -OCH3 is 2. The maximum absolute atomic E-state index is 13.2. The van der Waals surface area contributed by atoms with E-state index in [-0.39, 0.29) is 119 Å². The minimum atomic E-state index is -5.18. The summed E-state index contributed by atoms with van der Waals surface area (Å²) in [5.74, 6) is -3.20. The predicted molar refractivity (Wildman–Crippen MR) is 520 cm³/mol. The number of Topliss-reactive ketones (excluding diaryl/α,β-unsaturated/α-hetero) is 2. The van der Waals surface area contributed by atoms with Crippen LogP contribution in [0.1, 0.15) is 141 Å². The molecule has 14 aromatic rings. The number of ether oxygens (including phenoxy) is 12. The third kappa shape index (κ3) is 25.4. The standard InChI is InChI=1S/C67H54O17S.C39H34O9S.I3.2Na/c1-42(68)43-11-12-45-36-48(16-13-44(45)35-43)63(70)81-31-33-83-65(72)51-39-52(41-57(40-51)85(74,75)76)66(73)84-34-32-82-64(71)50-18-15-46-37-49(17-14-47(46)38-50)62(69)80-30-29-79-56-25-21-54(22-26-56)67(53-19-23-55(24-20-53)78-28-27-77-2)60-9-5-3-7-58(60)59-8-4-6-10-61(59)67;1-26(40)27-23-28(25-33(24-27)49(42,43)44)38(41)48-22-21-47-32-17-13-30(14-18-32)39(29-11-15-31(16-12-29)46-20-19-45-2)36-9-5-3-7-34(36)35-8-4-6-10-37(35)39;1-3-2;;/h3-26,35-41H,27-34H2,1-2H3,(H,74,75,76);3-18,23-25H,19-22H2,1-2H3,(H,42,43,44);;;/q;;-1;2*+1/p-2. The molecule has 0 saturated carbocycles. The van der Waals surface area contributed by atoms with Crippen LogP contribution in [0.4, 0.5) is 0 Å². The monoisotopic (exact) mass is 2270 g/mol. The van der Waals surface area contributed by atoms with Gasteiger partial charge in [-0.05, 0) is 230 Å². The van der Waals surface area contributed by atoms with Gasteiger partial charge in [-0.15, -0.1) is 0 Å². The van der Waals surface area contributed by atoms with E-state index in [0.29, 0.717) is 72.9 Å². The normalized spacial score (nSPS) is 12.1. The second-order valence-electron chi connectivity index (χ2n) is 31.1. The number of fused-ring (bicyclic) bond motifs is 8. The summed E-state index contributed by atoms with van der Waals surface area (Å²) in [7, 11) is -6.80. The Balaban J connectivity index is 0.000000272. The summed E-state index contributed by atoms with van der Waals surface area (Å²) in [6.07, 6.45) is 0. The van der Waals surface area contributed by atoms with E-state index in [1.807, 2.05) is 72.8 Å². The molecule has 0 bridgehead atoms. The number of hydrogen-bond acceptors (Lipinski definition) is 26. The van der Waals surface area contributed by atoms with E-state index in [9.17, 15) is 64.3 Å². The average Bonchev–Trinajstić information content (AvgIpc) is 1.54. The van der Waals surface area contributed by atoms with Gasteiger partial charge in [0.25, 0.3) is 0 Å². The summed E-state index contributed by atoms with van der Waals surface area (Å²) in [6, 6.07) is 90.5. The molecule has 0 spiro atoms. The fraction of sp³-hybridized carbons (Fsp3) is 0.170. The first-order valence-electron chi connectivity index (χ1n) is 42.7. The van der Waals surface area contributed by atoms with Crippen LogP contribution in [-0.2, 0) is 69.0 Å². The molecule has 14 aromatic carbocycles. The molecule has 2 aliphatic carbocycles. The van der Waals surface area contributed by atoms with Crippen LogP contribution in [0.3, 0.4) is 0 Å². The Bertz CT molecular complexity index is 7020. The SMILES string of the molecule is COCCOc1ccc(C2(c3ccc(OCCOC(=O)c4cc(C(C)=O)cc(S(=O)(=O)[O-])c4)cc3)c3ccccc3-c3ccccc32)cc1.COCCOc1ccc(C2(c3ccc(OCCOC(=O)c4ccc5cc(C(=O)OCCOC(=O)c6cc(C(=O)OCCOC(=O)c7ccc8cc(C(C)=O)ccc8c7)cc(S(=O)(=O)[O-])c6)ccc5c4)cc3)c3ccccc3-c3ccccc32)cc1.I[I-]I.[Na+].[Na+]. The van der Waals surface area contributed by atoms with Crippen molar-refractivity contribution in [1.29, 1.82) is 0 Å². The molecule has 0 heterocycles. The van der Waals surface area contributed by atoms with Crippen molar-refractivity contribution in [2.45, 2.75) is 34.5 Å². The third-order valence-corrected chi connectivity index (χ3v) is 24.4. The summed E-state index contributed by atoms with van der Waals surface area (Å²) in [6.45, 7) is 2.63. The molecule has 0 fully saturated rings. The van der Waals surface area contributed by atoms with Crippen LogP contribution in [0.5, 0.6) is 23.0 Å². The second kappa shape index (κ2) is 49.3. The molecule has 16 rings (SSSR count). The van der Waals surface area contributed by atoms with E-state index in [4.69, 9.17) is 56.8 Å². The maximum Gasteiger partial charge on any atom is 1.00 e. The van der Waals surface area contributed by atoms with Crippen LogP contribution >= 0.6 is 37.2 Å². The van der Waals surface area contributed by atoms with Gasteiger partial charge in [0.1, 0.15) is 109 Å². The quantitative estimate of drug-likeness (QED) is 0.00670. The van der Waals surface area contributed by atoms with E-state index in [1.165, 1.54) is 32.0 Å². The van der Waals surface area contributed by atoms with E-state index < -0.39 is 120 Å². The number of carbonyl (C=O) groups excluding carboxylic acids is 8. The van der Waals surface area contributed by atoms with Crippen molar-refractivity contribution in [2.24, 2.45) is 0 Å². The Morgan fingerprint density at radius 1 is 0.273 bits per heavy atom. The van der Waals surface area contributed by atoms with Gasteiger partial charge in [-0.1, -0.05) is 176 Å². The van der Waals surface area contributed by atoms with Gasteiger partial charge in [-0.3, -0.25) is 9.59 Å². The Kier molecular flexibility index (Phi) is 37.9. The van der Waals surface area contributed by atoms with Crippen LogP contribution in [0.25, 0.3) is 43.8 Å². The van der Waals surface area contributed by atoms with Crippen molar-refractivity contribution < 1.29 is 194 Å². The topological polar surface area (TPSA) is 362 Å². The molecular weight excluding hydrogens is 2180 g/mol. The fourth-order valence-corrected chi connectivity index (χ4v) is 17.6. The van der Waals surface area contributed by atoms with Crippen LogP contribution < -0.4 is 91.3 Å². The van der Waals surface area contributed by atoms with E-state index in [2.05, 4.69) is 159 Å². The summed E-state index contributed by atoms with van der Waals surface area (Å²) < 4.78 is 136. The van der Waals surface area contributed by atoms with Crippen molar-refractivity contribution in [2.75, 3.05) is 93.5 Å². The Morgan fingerprint density at radius 2 is 0.489 bits per heavy atom. The summed E-state index contributed by atoms with van der Waals surface area (Å²) >= 11 is 5.30. The summed E-state index contributed by atoms with van der Waals surface area (Å²) in [5, 5.41) is 2.66. The van der Waals surface area contributed by atoms with Gasteiger partial charge < -0.3 is 65.9 Å². The van der Waals surface area contributed by atoms with Gasteiger partial charge in [0.05, 0.1) is 67.2 Å². The Labute approximate surface area is 876 Å². The van der Waals surface area contributed by atoms with Crippen molar-refractivity contribution >= 4 is 126 Å². The van der Waals surface area contributed by atoms with E-state index in [1.54, 1.807) is 74.9 Å². The molecule has 0 N–H and O–H groups in total. The van der Waals surface area contributed by atoms with E-state index in [0.717, 1.165) is 114 Å². The average molecular weight is 2270 g/mol. The van der Waals surface area contributed by atoms with Gasteiger partial charge in [-0.25, -0.2) is 45.6 Å².